The summed E-state index contributed by atoms with van der Waals surface area (Å²) in [6.45, 7) is 2.96. The Hall–Kier alpha value is -0.850. The molecule has 1 unspecified atom stereocenters. The highest BCUT2D eigenvalue weighted by Gasteiger charge is 2.28. The van der Waals surface area contributed by atoms with Crippen molar-refractivity contribution in [1.29, 1.82) is 0 Å². The van der Waals surface area contributed by atoms with E-state index in [1.807, 2.05) is 12.3 Å². The largest absolute Gasteiger partial charge is 0.374 e. The van der Waals surface area contributed by atoms with Crippen LogP contribution in [0, 0.1) is 0 Å². The van der Waals surface area contributed by atoms with E-state index in [0.29, 0.717) is 19.2 Å². The summed E-state index contributed by atoms with van der Waals surface area (Å²) in [6.07, 6.45) is 4.39. The summed E-state index contributed by atoms with van der Waals surface area (Å²) in [6, 6.07) is 2.38. The Morgan fingerprint density at radius 1 is 1.58 bits per heavy atom. The van der Waals surface area contributed by atoms with Crippen LogP contribution < -0.4 is 10.6 Å². The average Bonchev–Trinajstić information content (AvgIpc) is 3.20. The molecule has 6 heteroatoms. The Balaban J connectivity index is 1.60. The second kappa shape index (κ2) is 5.64. The lowest BCUT2D eigenvalue weighted by atomic mass is 10.3. The van der Waals surface area contributed by atoms with E-state index in [4.69, 9.17) is 4.74 Å². The van der Waals surface area contributed by atoms with Crippen molar-refractivity contribution in [1.82, 2.24) is 15.2 Å². The fraction of sp³-hybridized carbons (Fsp3) is 0.615. The fourth-order valence-electron chi connectivity index (χ4n) is 2.33. The fourth-order valence-corrected chi connectivity index (χ4v) is 2.77. The van der Waals surface area contributed by atoms with Crippen LogP contribution in [-0.2, 0) is 4.74 Å². The molecule has 1 saturated carbocycles. The SMILES string of the molecule is O=C(NCC1CNCCO1)c1cc(Br)cn1C1CC1. The maximum Gasteiger partial charge on any atom is 0.268 e. The van der Waals surface area contributed by atoms with Crippen LogP contribution in [0.2, 0.25) is 0 Å². The first-order chi connectivity index (χ1) is 9.24. The van der Waals surface area contributed by atoms with Crippen LogP contribution >= 0.6 is 15.9 Å². The monoisotopic (exact) mass is 327 g/mol. The van der Waals surface area contributed by atoms with Gasteiger partial charge in [0.2, 0.25) is 0 Å². The van der Waals surface area contributed by atoms with Crippen molar-refractivity contribution in [2.24, 2.45) is 0 Å². The van der Waals surface area contributed by atoms with Crippen LogP contribution in [0.3, 0.4) is 0 Å². The van der Waals surface area contributed by atoms with Crippen molar-refractivity contribution in [3.8, 4) is 0 Å². The molecular weight excluding hydrogens is 310 g/mol. The highest BCUT2D eigenvalue weighted by atomic mass is 79.9. The zero-order valence-electron chi connectivity index (χ0n) is 10.7. The number of rotatable bonds is 4. The molecule has 0 radical (unpaired) electrons. The number of ether oxygens (including phenoxy) is 1. The van der Waals surface area contributed by atoms with Crippen LogP contribution in [0.15, 0.2) is 16.7 Å². The van der Waals surface area contributed by atoms with E-state index in [2.05, 4.69) is 31.1 Å². The normalized spacial score (nSPS) is 23.3. The summed E-state index contributed by atoms with van der Waals surface area (Å²) < 4.78 is 8.59. The van der Waals surface area contributed by atoms with Gasteiger partial charge in [-0.3, -0.25) is 4.79 Å². The third-order valence-electron chi connectivity index (χ3n) is 3.48. The molecule has 2 N–H and O–H groups in total. The Kier molecular flexibility index (Phi) is 3.91. The number of carbonyl (C=O) groups is 1. The quantitative estimate of drug-likeness (QED) is 0.876. The number of morpholine rings is 1. The molecule has 1 atom stereocenters. The van der Waals surface area contributed by atoms with E-state index in [0.717, 1.165) is 36.1 Å². The Labute approximate surface area is 120 Å². The second-order valence-electron chi connectivity index (χ2n) is 5.09. The maximum absolute atomic E-state index is 12.2. The van der Waals surface area contributed by atoms with Crippen molar-refractivity contribution in [3.05, 3.63) is 22.4 Å². The summed E-state index contributed by atoms with van der Waals surface area (Å²) >= 11 is 3.44. The lowest BCUT2D eigenvalue weighted by Crippen LogP contribution is -2.45. The van der Waals surface area contributed by atoms with Crippen molar-refractivity contribution < 1.29 is 9.53 Å². The van der Waals surface area contributed by atoms with Crippen molar-refractivity contribution in [3.63, 3.8) is 0 Å². The third kappa shape index (κ3) is 3.19. The Bertz CT molecular complexity index is 464. The van der Waals surface area contributed by atoms with Gasteiger partial charge in [-0.25, -0.2) is 0 Å². The van der Waals surface area contributed by atoms with Crippen molar-refractivity contribution in [2.45, 2.75) is 25.0 Å². The lowest BCUT2D eigenvalue weighted by Gasteiger charge is -2.23. The van der Waals surface area contributed by atoms with E-state index in [9.17, 15) is 4.79 Å². The van der Waals surface area contributed by atoms with Gasteiger partial charge in [-0.2, -0.15) is 0 Å². The van der Waals surface area contributed by atoms with E-state index < -0.39 is 0 Å². The number of aromatic nitrogens is 1. The minimum atomic E-state index is -0.0215. The van der Waals surface area contributed by atoms with E-state index in [1.165, 1.54) is 0 Å². The minimum Gasteiger partial charge on any atom is -0.374 e. The van der Waals surface area contributed by atoms with E-state index in [-0.39, 0.29) is 12.0 Å². The van der Waals surface area contributed by atoms with Gasteiger partial charge < -0.3 is 19.9 Å². The number of amides is 1. The predicted molar refractivity (Wildman–Crippen MR) is 75.3 cm³/mol. The van der Waals surface area contributed by atoms with Gasteiger partial charge in [-0.1, -0.05) is 0 Å². The summed E-state index contributed by atoms with van der Waals surface area (Å²) in [4.78, 5) is 12.2. The molecule has 1 aromatic heterocycles. The van der Waals surface area contributed by atoms with Crippen LogP contribution in [0.1, 0.15) is 29.4 Å². The van der Waals surface area contributed by atoms with Crippen LogP contribution in [-0.4, -0.2) is 42.8 Å². The number of carbonyl (C=O) groups excluding carboxylic acids is 1. The molecule has 2 fully saturated rings. The zero-order valence-corrected chi connectivity index (χ0v) is 12.3. The molecule has 0 aromatic carbocycles. The molecule has 1 aliphatic carbocycles. The van der Waals surface area contributed by atoms with E-state index >= 15 is 0 Å². The molecule has 0 bridgehead atoms. The van der Waals surface area contributed by atoms with Crippen LogP contribution in [0.25, 0.3) is 0 Å². The molecule has 0 spiro atoms. The van der Waals surface area contributed by atoms with Gasteiger partial charge in [0.1, 0.15) is 5.69 Å². The first kappa shape index (κ1) is 13.1. The highest BCUT2D eigenvalue weighted by Crippen LogP contribution is 2.37. The molecule has 1 amide bonds. The summed E-state index contributed by atoms with van der Waals surface area (Å²) in [5.74, 6) is -0.0215. The van der Waals surface area contributed by atoms with Crippen LogP contribution in [0.4, 0.5) is 0 Å². The number of nitrogens with zero attached hydrogens (tertiary/aromatic N) is 1. The Morgan fingerprint density at radius 2 is 2.42 bits per heavy atom. The number of nitrogens with one attached hydrogen (secondary N) is 2. The summed E-state index contributed by atoms with van der Waals surface area (Å²) in [5.41, 5.74) is 0.734. The maximum atomic E-state index is 12.2. The number of hydrogen-bond donors (Lipinski definition) is 2. The number of halogens is 1. The van der Waals surface area contributed by atoms with Gasteiger partial charge in [0.05, 0.1) is 12.7 Å². The second-order valence-corrected chi connectivity index (χ2v) is 6.00. The highest BCUT2D eigenvalue weighted by molar-refractivity contribution is 9.10. The van der Waals surface area contributed by atoms with Crippen molar-refractivity contribution in [2.75, 3.05) is 26.2 Å². The molecule has 3 rings (SSSR count). The van der Waals surface area contributed by atoms with Gasteiger partial charge in [0.15, 0.2) is 0 Å². The molecule has 5 nitrogen and oxygen atoms in total. The van der Waals surface area contributed by atoms with Crippen molar-refractivity contribution >= 4 is 21.8 Å². The van der Waals surface area contributed by atoms with Gasteiger partial charge in [0, 0.05) is 36.3 Å². The Morgan fingerprint density at radius 3 is 3.11 bits per heavy atom. The van der Waals surface area contributed by atoms with Gasteiger partial charge in [0.25, 0.3) is 5.91 Å². The molecule has 1 aromatic rings. The molecule has 2 aliphatic rings. The first-order valence-electron chi connectivity index (χ1n) is 6.72. The summed E-state index contributed by atoms with van der Waals surface area (Å²) in [7, 11) is 0. The molecule has 2 heterocycles. The van der Waals surface area contributed by atoms with Gasteiger partial charge >= 0.3 is 0 Å². The minimum absolute atomic E-state index is 0.0215. The first-order valence-corrected chi connectivity index (χ1v) is 7.51. The third-order valence-corrected chi connectivity index (χ3v) is 3.92. The number of hydrogen-bond acceptors (Lipinski definition) is 3. The van der Waals surface area contributed by atoms with Gasteiger partial charge in [-0.05, 0) is 34.8 Å². The van der Waals surface area contributed by atoms with Gasteiger partial charge in [-0.15, -0.1) is 0 Å². The molecular formula is C13H18BrN3O2. The summed E-state index contributed by atoms with van der Waals surface area (Å²) in [5, 5.41) is 6.21. The zero-order chi connectivity index (χ0) is 13.2. The smallest absolute Gasteiger partial charge is 0.268 e. The molecule has 104 valence electrons. The molecule has 1 aliphatic heterocycles. The van der Waals surface area contributed by atoms with Crippen LogP contribution in [0.5, 0.6) is 0 Å². The average molecular weight is 328 g/mol. The van der Waals surface area contributed by atoms with E-state index in [1.54, 1.807) is 0 Å². The predicted octanol–water partition coefficient (Wildman–Crippen LogP) is 1.30. The molecule has 1 saturated heterocycles. The lowest BCUT2D eigenvalue weighted by molar-refractivity contribution is 0.0286. The standard InChI is InChI=1S/C13H18BrN3O2/c14-9-5-12(17(8-9)10-1-2-10)13(18)16-7-11-6-15-3-4-19-11/h5,8,10-11,15H,1-4,6-7H2,(H,16,18). The topological polar surface area (TPSA) is 55.3 Å². The molecule has 19 heavy (non-hydrogen) atoms.